The molecule has 0 saturated carbocycles. The lowest BCUT2D eigenvalue weighted by Gasteiger charge is -2.23. The molecule has 0 aliphatic carbocycles. The maximum absolute atomic E-state index is 13.4. The third-order valence-corrected chi connectivity index (χ3v) is 4.09. The number of hydrogen-bond donors (Lipinski definition) is 1. The zero-order valence-electron chi connectivity index (χ0n) is 16.4. The van der Waals surface area contributed by atoms with Crippen LogP contribution in [0.3, 0.4) is 0 Å². The van der Waals surface area contributed by atoms with Crippen LogP contribution in [0, 0.1) is 5.82 Å². The van der Waals surface area contributed by atoms with Crippen LogP contribution in [0.15, 0.2) is 35.6 Å². The van der Waals surface area contributed by atoms with Gasteiger partial charge in [-0.05, 0) is 24.1 Å². The summed E-state index contributed by atoms with van der Waals surface area (Å²) in [5.74, 6) is 1.59. The molecule has 0 bridgehead atoms. The van der Waals surface area contributed by atoms with Crippen molar-refractivity contribution in [2.45, 2.75) is 46.2 Å². The molecule has 2 aromatic rings. The number of benzene rings is 1. The van der Waals surface area contributed by atoms with Crippen molar-refractivity contribution in [3.05, 3.63) is 47.8 Å². The number of nitrogens with one attached hydrogen (secondary N) is 1. The number of rotatable bonds is 9. The Morgan fingerprint density at radius 3 is 2.85 bits per heavy atom. The van der Waals surface area contributed by atoms with E-state index in [0.29, 0.717) is 6.54 Å². The standard InChI is InChI=1S/C19H29FN6.HI/c1-4-6-10-21-19(22-11-12-26-15-23-24-18(26)5-2)25(3)14-16-8-7-9-17(20)13-16;/h7-9,13,15H,4-6,10-12,14H2,1-3H3,(H,21,22);1H. The summed E-state index contributed by atoms with van der Waals surface area (Å²) in [5, 5.41) is 11.5. The minimum Gasteiger partial charge on any atom is -0.354 e. The van der Waals surface area contributed by atoms with Gasteiger partial charge in [-0.15, -0.1) is 34.2 Å². The molecule has 0 amide bonds. The first-order chi connectivity index (χ1) is 12.6. The molecule has 6 nitrogen and oxygen atoms in total. The molecule has 150 valence electrons. The maximum atomic E-state index is 13.4. The predicted octanol–water partition coefficient (Wildman–Crippen LogP) is 3.48. The van der Waals surface area contributed by atoms with Crippen molar-refractivity contribution in [3.63, 3.8) is 0 Å². The molecule has 0 aliphatic heterocycles. The van der Waals surface area contributed by atoms with Crippen LogP contribution >= 0.6 is 24.0 Å². The van der Waals surface area contributed by atoms with E-state index in [9.17, 15) is 4.39 Å². The van der Waals surface area contributed by atoms with Crippen molar-refractivity contribution in [3.8, 4) is 0 Å². The second-order valence-electron chi connectivity index (χ2n) is 6.27. The second-order valence-corrected chi connectivity index (χ2v) is 6.27. The molecule has 1 aromatic carbocycles. The van der Waals surface area contributed by atoms with E-state index in [-0.39, 0.29) is 29.8 Å². The lowest BCUT2D eigenvalue weighted by Crippen LogP contribution is -2.40. The monoisotopic (exact) mass is 488 g/mol. The van der Waals surface area contributed by atoms with E-state index >= 15 is 0 Å². The van der Waals surface area contributed by atoms with Crippen molar-refractivity contribution in [2.75, 3.05) is 20.1 Å². The zero-order valence-corrected chi connectivity index (χ0v) is 18.7. The van der Waals surface area contributed by atoms with Crippen LogP contribution in [0.1, 0.15) is 38.1 Å². The number of aryl methyl sites for hydroxylation is 1. The number of guanidine groups is 1. The first-order valence-corrected chi connectivity index (χ1v) is 9.24. The number of unbranched alkanes of at least 4 members (excludes halogenated alkanes) is 1. The fourth-order valence-electron chi connectivity index (χ4n) is 2.67. The summed E-state index contributed by atoms with van der Waals surface area (Å²) < 4.78 is 15.5. The Labute approximate surface area is 178 Å². The molecule has 1 N–H and O–H groups in total. The zero-order chi connectivity index (χ0) is 18.8. The van der Waals surface area contributed by atoms with Gasteiger partial charge in [-0.3, -0.25) is 4.99 Å². The molecule has 0 unspecified atom stereocenters. The van der Waals surface area contributed by atoms with Gasteiger partial charge in [0.15, 0.2) is 5.96 Å². The quantitative estimate of drug-likeness (QED) is 0.254. The molecular weight excluding hydrogens is 458 g/mol. The first kappa shape index (κ1) is 23.3. The van der Waals surface area contributed by atoms with Gasteiger partial charge in [-0.1, -0.05) is 32.4 Å². The van der Waals surface area contributed by atoms with Crippen LogP contribution < -0.4 is 5.32 Å². The van der Waals surface area contributed by atoms with E-state index in [4.69, 9.17) is 4.99 Å². The summed E-state index contributed by atoms with van der Waals surface area (Å²) in [6.07, 6.45) is 4.76. The summed E-state index contributed by atoms with van der Waals surface area (Å²) in [4.78, 5) is 6.72. The van der Waals surface area contributed by atoms with Gasteiger partial charge in [0, 0.05) is 39.6 Å². The van der Waals surface area contributed by atoms with E-state index in [2.05, 4.69) is 29.4 Å². The topological polar surface area (TPSA) is 58.3 Å². The second kappa shape index (κ2) is 12.6. The highest BCUT2D eigenvalue weighted by Crippen LogP contribution is 2.06. The minimum absolute atomic E-state index is 0. The number of hydrogen-bond acceptors (Lipinski definition) is 3. The van der Waals surface area contributed by atoms with Gasteiger partial charge in [-0.25, -0.2) is 4.39 Å². The van der Waals surface area contributed by atoms with E-state index in [0.717, 1.165) is 56.2 Å². The Morgan fingerprint density at radius 2 is 2.15 bits per heavy atom. The number of aromatic nitrogens is 3. The molecule has 0 radical (unpaired) electrons. The number of halogens is 2. The van der Waals surface area contributed by atoms with Crippen molar-refractivity contribution in [1.29, 1.82) is 0 Å². The molecule has 1 heterocycles. The minimum atomic E-state index is -0.215. The lowest BCUT2D eigenvalue weighted by molar-refractivity contribution is 0.468. The maximum Gasteiger partial charge on any atom is 0.194 e. The molecule has 27 heavy (non-hydrogen) atoms. The smallest absolute Gasteiger partial charge is 0.194 e. The van der Waals surface area contributed by atoms with E-state index in [1.165, 1.54) is 6.07 Å². The average Bonchev–Trinajstić information content (AvgIpc) is 3.08. The Balaban J connectivity index is 0.00000364. The van der Waals surface area contributed by atoms with Gasteiger partial charge < -0.3 is 14.8 Å². The van der Waals surface area contributed by atoms with Crippen LogP contribution in [-0.4, -0.2) is 45.8 Å². The summed E-state index contributed by atoms with van der Waals surface area (Å²) in [6.45, 7) is 7.09. The van der Waals surface area contributed by atoms with Gasteiger partial charge in [-0.2, -0.15) is 0 Å². The third kappa shape index (κ3) is 7.82. The Morgan fingerprint density at radius 1 is 1.33 bits per heavy atom. The normalized spacial score (nSPS) is 11.2. The van der Waals surface area contributed by atoms with Gasteiger partial charge in [0.25, 0.3) is 0 Å². The van der Waals surface area contributed by atoms with Crippen molar-refractivity contribution < 1.29 is 4.39 Å². The van der Waals surface area contributed by atoms with Crippen molar-refractivity contribution in [1.82, 2.24) is 25.0 Å². The largest absolute Gasteiger partial charge is 0.354 e. The molecule has 0 atom stereocenters. The Kier molecular flexibility index (Phi) is 10.9. The molecule has 0 spiro atoms. The highest BCUT2D eigenvalue weighted by Gasteiger charge is 2.08. The number of nitrogens with zero attached hydrogens (tertiary/aromatic N) is 5. The van der Waals surface area contributed by atoms with E-state index < -0.39 is 0 Å². The Bertz CT molecular complexity index is 703. The summed E-state index contributed by atoms with van der Waals surface area (Å²) >= 11 is 0. The van der Waals surface area contributed by atoms with E-state index in [1.54, 1.807) is 18.5 Å². The molecular formula is C19H30FIN6. The van der Waals surface area contributed by atoms with E-state index in [1.807, 2.05) is 22.6 Å². The third-order valence-electron chi connectivity index (χ3n) is 4.09. The summed E-state index contributed by atoms with van der Waals surface area (Å²) in [6, 6.07) is 6.68. The number of aliphatic imine (C=N–C) groups is 1. The average molecular weight is 488 g/mol. The van der Waals surface area contributed by atoms with Crippen LogP contribution in [0.5, 0.6) is 0 Å². The highest BCUT2D eigenvalue weighted by atomic mass is 127. The van der Waals surface area contributed by atoms with Gasteiger partial charge in [0.2, 0.25) is 0 Å². The molecule has 2 rings (SSSR count). The molecule has 0 saturated heterocycles. The summed E-state index contributed by atoms with van der Waals surface area (Å²) in [7, 11) is 1.97. The van der Waals surface area contributed by atoms with Crippen molar-refractivity contribution >= 4 is 29.9 Å². The van der Waals surface area contributed by atoms with Crippen LogP contribution in [0.25, 0.3) is 0 Å². The SMILES string of the molecule is CCCCN=C(NCCn1cnnc1CC)N(C)Cc1cccc(F)c1.I. The van der Waals surface area contributed by atoms with Gasteiger partial charge in [0.1, 0.15) is 18.0 Å². The summed E-state index contributed by atoms with van der Waals surface area (Å²) in [5.41, 5.74) is 0.921. The first-order valence-electron chi connectivity index (χ1n) is 9.24. The highest BCUT2D eigenvalue weighted by molar-refractivity contribution is 14.0. The molecule has 8 heteroatoms. The van der Waals surface area contributed by atoms with Crippen molar-refractivity contribution in [2.24, 2.45) is 4.99 Å². The lowest BCUT2D eigenvalue weighted by atomic mass is 10.2. The fraction of sp³-hybridized carbons (Fsp3) is 0.526. The molecule has 0 fully saturated rings. The fourth-order valence-corrected chi connectivity index (χ4v) is 2.67. The van der Waals surface area contributed by atoms with Crippen LogP contribution in [0.2, 0.25) is 0 Å². The Hall–Kier alpha value is -1.71. The van der Waals surface area contributed by atoms with Crippen LogP contribution in [0.4, 0.5) is 4.39 Å². The predicted molar refractivity (Wildman–Crippen MR) is 118 cm³/mol. The van der Waals surface area contributed by atoms with Gasteiger partial charge in [0.05, 0.1) is 0 Å². The van der Waals surface area contributed by atoms with Gasteiger partial charge >= 0.3 is 0 Å². The molecule has 1 aromatic heterocycles. The molecule has 0 aliphatic rings. The van der Waals surface area contributed by atoms with Crippen LogP contribution in [-0.2, 0) is 19.5 Å².